The van der Waals surface area contributed by atoms with Crippen LogP contribution in [0.3, 0.4) is 0 Å². The quantitative estimate of drug-likeness (QED) is 0.521. The fraction of sp³-hybridized carbons (Fsp3) is 0.0952. The lowest BCUT2D eigenvalue weighted by Gasteiger charge is -2.27. The van der Waals surface area contributed by atoms with Gasteiger partial charge < -0.3 is 9.53 Å². The predicted molar refractivity (Wildman–Crippen MR) is 107 cm³/mol. The average Bonchev–Trinajstić information content (AvgIpc) is 3.21. The van der Waals surface area contributed by atoms with Gasteiger partial charge in [-0.15, -0.1) is 11.3 Å². The van der Waals surface area contributed by atoms with E-state index in [1.54, 1.807) is 23.5 Å². The molecule has 1 atom stereocenters. The van der Waals surface area contributed by atoms with Crippen LogP contribution in [-0.2, 0) is 21.3 Å². The largest absolute Gasteiger partial charge is 0.456 e. The van der Waals surface area contributed by atoms with Crippen molar-refractivity contribution in [3.63, 3.8) is 0 Å². The van der Waals surface area contributed by atoms with E-state index >= 15 is 0 Å². The first-order valence-electron chi connectivity index (χ1n) is 8.38. The molecule has 27 heavy (non-hydrogen) atoms. The smallest absolute Gasteiger partial charge is 0.144 e. The summed E-state index contributed by atoms with van der Waals surface area (Å²) in [6.07, 6.45) is 0.951. The van der Waals surface area contributed by atoms with Gasteiger partial charge in [-0.3, -0.25) is 0 Å². The zero-order valence-corrected chi connectivity index (χ0v) is 15.9. The minimum Gasteiger partial charge on any atom is -0.456 e. The van der Waals surface area contributed by atoms with Crippen LogP contribution in [0.25, 0.3) is 11.3 Å². The van der Waals surface area contributed by atoms with Gasteiger partial charge in [0.25, 0.3) is 0 Å². The highest BCUT2D eigenvalue weighted by Gasteiger charge is 2.31. The number of thiol groups is 1. The summed E-state index contributed by atoms with van der Waals surface area (Å²) in [5, 5.41) is 1.97. The highest BCUT2D eigenvalue weighted by molar-refractivity contribution is 7.71. The summed E-state index contributed by atoms with van der Waals surface area (Å²) in [5.74, 6) is 0.884. The molecule has 0 amide bonds. The molecule has 1 aliphatic rings. The highest BCUT2D eigenvalue weighted by atomic mass is 32.2. The molecule has 2 heterocycles. The Morgan fingerprint density at radius 2 is 1.78 bits per heavy atom. The first-order chi connectivity index (χ1) is 13.2. The van der Waals surface area contributed by atoms with Crippen LogP contribution in [0.5, 0.6) is 5.75 Å². The molecule has 1 unspecified atom stereocenters. The Balaban J connectivity index is 1.87. The molecule has 0 radical (unpaired) electrons. The van der Waals surface area contributed by atoms with Crippen LogP contribution in [0, 0.1) is 0 Å². The van der Waals surface area contributed by atoms with Gasteiger partial charge in [-0.25, -0.2) is 8.42 Å². The second-order valence-corrected chi connectivity index (χ2v) is 8.09. The van der Waals surface area contributed by atoms with E-state index in [0.29, 0.717) is 11.5 Å². The SMILES string of the molecule is O=CC1C(c2cccs2)=C(c2ccc(C[SH](=O)=O)cc2)Oc2ccccc21. The van der Waals surface area contributed by atoms with Crippen LogP contribution >= 0.6 is 11.3 Å². The number of carbonyl (C=O) groups is 1. The Bertz CT molecular complexity index is 1070. The highest BCUT2D eigenvalue weighted by Crippen LogP contribution is 2.46. The number of carbonyl (C=O) groups excluding carboxylic acids is 1. The molecule has 4 nitrogen and oxygen atoms in total. The van der Waals surface area contributed by atoms with Crippen molar-refractivity contribution < 1.29 is 17.9 Å². The molecule has 0 bridgehead atoms. The number of para-hydroxylation sites is 1. The maximum Gasteiger partial charge on any atom is 0.144 e. The molecule has 4 rings (SSSR count). The Morgan fingerprint density at radius 1 is 1.00 bits per heavy atom. The number of hydrogen-bond acceptors (Lipinski definition) is 5. The van der Waals surface area contributed by atoms with E-state index in [0.717, 1.165) is 33.4 Å². The molecule has 0 N–H and O–H groups in total. The second-order valence-electron chi connectivity index (χ2n) is 6.16. The molecule has 0 saturated carbocycles. The minimum absolute atomic E-state index is 0.00704. The minimum atomic E-state index is -2.47. The molecule has 0 saturated heterocycles. The van der Waals surface area contributed by atoms with E-state index in [4.69, 9.17) is 4.74 Å². The molecule has 6 heteroatoms. The standard InChI is InChI=1S/C21H16O4S2/c22-12-17-16-4-1-2-5-18(16)25-21(20(17)19-6-3-11-26-19)15-9-7-14(8-10-15)13-27(23)24/h1-12,17,27H,13H2. The lowest BCUT2D eigenvalue weighted by atomic mass is 9.86. The summed E-state index contributed by atoms with van der Waals surface area (Å²) < 4.78 is 28.1. The van der Waals surface area contributed by atoms with Gasteiger partial charge in [0.15, 0.2) is 0 Å². The van der Waals surface area contributed by atoms with E-state index in [9.17, 15) is 13.2 Å². The van der Waals surface area contributed by atoms with Gasteiger partial charge in [-0.05, 0) is 23.1 Å². The Kier molecular flexibility index (Phi) is 4.92. The fourth-order valence-electron chi connectivity index (χ4n) is 3.26. The summed E-state index contributed by atoms with van der Waals surface area (Å²) in [6, 6.07) is 18.7. The number of hydrogen-bond donors (Lipinski definition) is 1. The van der Waals surface area contributed by atoms with Crippen molar-refractivity contribution in [2.75, 3.05) is 0 Å². The van der Waals surface area contributed by atoms with Crippen molar-refractivity contribution in [3.8, 4) is 5.75 Å². The summed E-state index contributed by atoms with van der Waals surface area (Å²) in [5.41, 5.74) is 3.21. The lowest BCUT2D eigenvalue weighted by molar-refractivity contribution is -0.108. The number of allylic oxidation sites excluding steroid dienone is 1. The van der Waals surface area contributed by atoms with Gasteiger partial charge in [0.05, 0.1) is 11.7 Å². The van der Waals surface area contributed by atoms with Crippen LogP contribution < -0.4 is 4.74 Å². The molecule has 1 aliphatic heterocycles. The topological polar surface area (TPSA) is 60.4 Å². The summed E-state index contributed by atoms with van der Waals surface area (Å²) in [7, 11) is -2.47. The molecule has 1 aromatic heterocycles. The zero-order valence-electron chi connectivity index (χ0n) is 14.2. The van der Waals surface area contributed by atoms with Crippen LogP contribution in [-0.4, -0.2) is 14.7 Å². The van der Waals surface area contributed by atoms with Gasteiger partial charge in [-0.2, -0.15) is 0 Å². The molecule has 3 aromatic rings. The monoisotopic (exact) mass is 396 g/mol. The van der Waals surface area contributed by atoms with Crippen LogP contribution in [0.1, 0.15) is 27.5 Å². The molecular formula is C21H16O4S2. The van der Waals surface area contributed by atoms with Gasteiger partial charge in [-0.1, -0.05) is 48.5 Å². The fourth-order valence-corrected chi connectivity index (χ4v) is 4.57. The maximum atomic E-state index is 12.0. The van der Waals surface area contributed by atoms with Gasteiger partial charge in [0.2, 0.25) is 0 Å². The molecular weight excluding hydrogens is 380 g/mol. The third-order valence-electron chi connectivity index (χ3n) is 4.47. The molecule has 2 aromatic carbocycles. The zero-order chi connectivity index (χ0) is 18.8. The van der Waals surface area contributed by atoms with E-state index in [-0.39, 0.29) is 5.75 Å². The Labute approximate surface area is 162 Å². The Morgan fingerprint density at radius 3 is 2.44 bits per heavy atom. The first kappa shape index (κ1) is 17.7. The van der Waals surface area contributed by atoms with Crippen LogP contribution in [0.2, 0.25) is 0 Å². The van der Waals surface area contributed by atoms with Crippen LogP contribution in [0.15, 0.2) is 66.0 Å². The van der Waals surface area contributed by atoms with Crippen LogP contribution in [0.4, 0.5) is 0 Å². The molecule has 136 valence electrons. The van der Waals surface area contributed by atoms with Crippen molar-refractivity contribution in [2.45, 2.75) is 11.7 Å². The lowest BCUT2D eigenvalue weighted by Crippen LogP contribution is -2.15. The first-order valence-corrected chi connectivity index (χ1v) is 10.6. The van der Waals surface area contributed by atoms with E-state index in [1.807, 2.05) is 53.9 Å². The maximum absolute atomic E-state index is 12.0. The second kappa shape index (κ2) is 7.50. The average molecular weight is 396 g/mol. The van der Waals surface area contributed by atoms with E-state index in [1.165, 1.54) is 0 Å². The number of aldehydes is 1. The van der Waals surface area contributed by atoms with Crippen molar-refractivity contribution in [2.24, 2.45) is 0 Å². The number of benzene rings is 2. The number of ether oxygens (including phenoxy) is 1. The summed E-state index contributed by atoms with van der Waals surface area (Å²) in [6.45, 7) is 0. The number of rotatable bonds is 5. The van der Waals surface area contributed by atoms with Gasteiger partial charge in [0, 0.05) is 21.6 Å². The molecule has 0 fully saturated rings. The Hall–Kier alpha value is -2.70. The van der Waals surface area contributed by atoms with Crippen molar-refractivity contribution in [1.82, 2.24) is 0 Å². The third-order valence-corrected chi connectivity index (χ3v) is 6.00. The summed E-state index contributed by atoms with van der Waals surface area (Å²) in [4.78, 5) is 13.0. The van der Waals surface area contributed by atoms with Gasteiger partial charge >= 0.3 is 0 Å². The van der Waals surface area contributed by atoms with Crippen molar-refractivity contribution in [3.05, 3.63) is 87.6 Å². The van der Waals surface area contributed by atoms with Gasteiger partial charge in [0.1, 0.15) is 28.5 Å². The normalized spacial score (nSPS) is 16.1. The number of fused-ring (bicyclic) bond motifs is 1. The van der Waals surface area contributed by atoms with Crippen molar-refractivity contribution >= 4 is 39.7 Å². The van der Waals surface area contributed by atoms with E-state index in [2.05, 4.69) is 0 Å². The number of thiophene rings is 1. The predicted octanol–water partition coefficient (Wildman–Crippen LogP) is 4.10. The van der Waals surface area contributed by atoms with Crippen molar-refractivity contribution in [1.29, 1.82) is 0 Å². The molecule has 0 aliphatic carbocycles. The summed E-state index contributed by atoms with van der Waals surface area (Å²) >= 11 is 1.56. The molecule has 0 spiro atoms. The van der Waals surface area contributed by atoms with E-state index < -0.39 is 16.6 Å². The third kappa shape index (κ3) is 3.46.